The van der Waals surface area contributed by atoms with Crippen LogP contribution in [-0.4, -0.2) is 33.7 Å². The summed E-state index contributed by atoms with van der Waals surface area (Å²) in [6, 6.07) is 4.16. The lowest BCUT2D eigenvalue weighted by Crippen LogP contribution is -2.22. The van der Waals surface area contributed by atoms with E-state index in [0.717, 1.165) is 36.9 Å². The number of thiazole rings is 1. The Bertz CT molecular complexity index is 968. The molecule has 0 saturated carbocycles. The van der Waals surface area contributed by atoms with Gasteiger partial charge in [-0.05, 0) is 51.2 Å². The molecule has 0 aliphatic heterocycles. The first-order valence-electron chi connectivity index (χ1n) is 10.0. The molecule has 158 valence electrons. The molecule has 2 aromatic rings. The summed E-state index contributed by atoms with van der Waals surface area (Å²) in [7, 11) is 0. The predicted octanol–water partition coefficient (Wildman–Crippen LogP) is 3.90. The molecule has 1 aliphatic carbocycles. The van der Waals surface area contributed by atoms with Crippen molar-refractivity contribution in [3.8, 4) is 6.07 Å². The first-order valence-corrected chi connectivity index (χ1v) is 11.8. The van der Waals surface area contributed by atoms with Crippen LogP contribution in [-0.2, 0) is 33.6 Å². The van der Waals surface area contributed by atoms with Crippen LogP contribution >= 0.6 is 23.1 Å². The summed E-state index contributed by atoms with van der Waals surface area (Å²) in [4.78, 5) is 33.2. The number of carbonyl (C=O) groups is 2. The van der Waals surface area contributed by atoms with Crippen LogP contribution in [0.4, 0.5) is 5.13 Å². The Balaban J connectivity index is 1.65. The Morgan fingerprint density at radius 2 is 2.13 bits per heavy atom. The van der Waals surface area contributed by atoms with Crippen LogP contribution in [0.5, 0.6) is 0 Å². The van der Waals surface area contributed by atoms with Crippen LogP contribution in [0.15, 0.2) is 16.5 Å². The number of esters is 1. The van der Waals surface area contributed by atoms with Crippen molar-refractivity contribution in [2.75, 3.05) is 11.9 Å². The number of carbonyl (C=O) groups excluding carboxylic acids is 2. The number of ether oxygens (including phenoxy) is 1. The molecule has 30 heavy (non-hydrogen) atoms. The molecule has 0 spiro atoms. The number of aryl methyl sites for hydroxylation is 2. The molecule has 1 amide bonds. The zero-order valence-corrected chi connectivity index (χ0v) is 18.7. The maximum absolute atomic E-state index is 12.6. The normalized spacial score (nSPS) is 14.2. The molecular formula is C21H24N4O3S2. The second-order valence-corrected chi connectivity index (χ2v) is 9.18. The number of anilines is 1. The third kappa shape index (κ3) is 5.80. The smallest absolute Gasteiger partial charge is 0.311 e. The number of nitrogens with zero attached hydrogens (tertiary/aromatic N) is 3. The monoisotopic (exact) mass is 444 g/mol. The second kappa shape index (κ2) is 10.5. The van der Waals surface area contributed by atoms with E-state index in [1.807, 2.05) is 6.07 Å². The van der Waals surface area contributed by atoms with Gasteiger partial charge < -0.3 is 10.1 Å². The Kier molecular flexibility index (Phi) is 7.82. The summed E-state index contributed by atoms with van der Waals surface area (Å²) >= 11 is 2.55. The van der Waals surface area contributed by atoms with Crippen molar-refractivity contribution in [3.63, 3.8) is 0 Å². The highest BCUT2D eigenvalue weighted by Gasteiger charge is 2.21. The molecule has 0 saturated heterocycles. The zero-order chi connectivity index (χ0) is 21.5. The third-order valence-electron chi connectivity index (χ3n) is 4.71. The fourth-order valence-electron chi connectivity index (χ4n) is 3.19. The van der Waals surface area contributed by atoms with E-state index in [-0.39, 0.29) is 18.3 Å². The van der Waals surface area contributed by atoms with Gasteiger partial charge in [-0.3, -0.25) is 9.59 Å². The van der Waals surface area contributed by atoms with Gasteiger partial charge in [-0.1, -0.05) is 18.2 Å². The summed E-state index contributed by atoms with van der Waals surface area (Å²) < 4.78 is 4.91. The van der Waals surface area contributed by atoms with E-state index < -0.39 is 5.25 Å². The van der Waals surface area contributed by atoms with Gasteiger partial charge in [0.2, 0.25) is 5.91 Å². The lowest BCUT2D eigenvalue weighted by atomic mass is 10.1. The van der Waals surface area contributed by atoms with Crippen molar-refractivity contribution in [2.45, 2.75) is 62.6 Å². The minimum atomic E-state index is -0.453. The van der Waals surface area contributed by atoms with Gasteiger partial charge in [-0.25, -0.2) is 9.97 Å². The molecule has 1 atom stereocenters. The Hall–Kier alpha value is -2.44. The lowest BCUT2D eigenvalue weighted by molar-refractivity contribution is -0.142. The summed E-state index contributed by atoms with van der Waals surface area (Å²) in [5.74, 6) is -0.569. The number of aromatic nitrogens is 2. The molecule has 1 N–H and O–H groups in total. The molecule has 9 heteroatoms. The highest BCUT2D eigenvalue weighted by Crippen LogP contribution is 2.30. The third-order valence-corrected chi connectivity index (χ3v) is 6.62. The zero-order valence-electron chi connectivity index (χ0n) is 17.1. The van der Waals surface area contributed by atoms with E-state index in [4.69, 9.17) is 9.72 Å². The maximum Gasteiger partial charge on any atom is 0.311 e. The summed E-state index contributed by atoms with van der Waals surface area (Å²) in [5, 5.41) is 14.6. The number of rotatable bonds is 7. The first kappa shape index (κ1) is 22.2. The molecule has 0 aromatic carbocycles. The summed E-state index contributed by atoms with van der Waals surface area (Å²) in [6.07, 6.45) is 5.34. The van der Waals surface area contributed by atoms with E-state index in [1.54, 1.807) is 19.2 Å². The number of thioether (sulfide) groups is 1. The Morgan fingerprint density at radius 3 is 2.90 bits per heavy atom. The Labute approximate surface area is 184 Å². The lowest BCUT2D eigenvalue weighted by Gasteiger charge is -2.13. The van der Waals surface area contributed by atoms with Crippen molar-refractivity contribution < 1.29 is 14.3 Å². The quantitative estimate of drug-likeness (QED) is 0.392. The standard InChI is InChI=1S/C21H24N4O3S2/c1-3-28-18(26)10-16-12-29-21(23-16)25-19(27)13(2)30-20-15(11-22)9-14-7-5-4-6-8-17(14)24-20/h9,12-13H,3-8,10H2,1-2H3,(H,23,25,27). The molecule has 7 nitrogen and oxygen atoms in total. The number of pyridine rings is 1. The van der Waals surface area contributed by atoms with Gasteiger partial charge in [0.15, 0.2) is 5.13 Å². The molecule has 0 fully saturated rings. The molecule has 2 aromatic heterocycles. The highest BCUT2D eigenvalue weighted by atomic mass is 32.2. The topological polar surface area (TPSA) is 105 Å². The van der Waals surface area contributed by atoms with Crippen molar-refractivity contribution in [3.05, 3.63) is 34.0 Å². The molecular weight excluding hydrogens is 420 g/mol. The van der Waals surface area contributed by atoms with E-state index in [9.17, 15) is 14.9 Å². The minimum absolute atomic E-state index is 0.0785. The average molecular weight is 445 g/mol. The fraction of sp³-hybridized carbons (Fsp3) is 0.476. The minimum Gasteiger partial charge on any atom is -0.466 e. The van der Waals surface area contributed by atoms with E-state index in [2.05, 4.69) is 16.4 Å². The van der Waals surface area contributed by atoms with Crippen molar-refractivity contribution >= 4 is 40.1 Å². The van der Waals surface area contributed by atoms with Gasteiger partial charge in [-0.15, -0.1) is 11.3 Å². The van der Waals surface area contributed by atoms with Crippen LogP contribution in [0, 0.1) is 11.3 Å². The van der Waals surface area contributed by atoms with E-state index >= 15 is 0 Å². The summed E-state index contributed by atoms with van der Waals surface area (Å²) in [6.45, 7) is 3.85. The van der Waals surface area contributed by atoms with Crippen LogP contribution in [0.1, 0.15) is 55.6 Å². The van der Waals surface area contributed by atoms with Crippen LogP contribution < -0.4 is 5.32 Å². The van der Waals surface area contributed by atoms with Crippen LogP contribution in [0.25, 0.3) is 0 Å². The van der Waals surface area contributed by atoms with Gasteiger partial charge in [0, 0.05) is 11.1 Å². The van der Waals surface area contributed by atoms with E-state index in [0.29, 0.717) is 28.0 Å². The van der Waals surface area contributed by atoms with Gasteiger partial charge in [0.05, 0.1) is 29.5 Å². The number of nitriles is 1. The Morgan fingerprint density at radius 1 is 1.33 bits per heavy atom. The number of nitrogens with one attached hydrogen (secondary N) is 1. The molecule has 2 heterocycles. The van der Waals surface area contributed by atoms with Crippen LogP contribution in [0.2, 0.25) is 0 Å². The van der Waals surface area contributed by atoms with Gasteiger partial charge in [0.1, 0.15) is 11.1 Å². The second-order valence-electron chi connectivity index (χ2n) is 6.99. The fourth-order valence-corrected chi connectivity index (χ4v) is 4.80. The van der Waals surface area contributed by atoms with Gasteiger partial charge >= 0.3 is 5.97 Å². The van der Waals surface area contributed by atoms with Crippen molar-refractivity contribution in [2.24, 2.45) is 0 Å². The van der Waals surface area contributed by atoms with Crippen molar-refractivity contribution in [1.29, 1.82) is 5.26 Å². The maximum atomic E-state index is 12.6. The number of hydrogen-bond donors (Lipinski definition) is 1. The van der Waals surface area contributed by atoms with Gasteiger partial charge in [-0.2, -0.15) is 5.26 Å². The summed E-state index contributed by atoms with van der Waals surface area (Å²) in [5.41, 5.74) is 3.28. The van der Waals surface area contributed by atoms with Crippen LogP contribution in [0.3, 0.4) is 0 Å². The number of fused-ring (bicyclic) bond motifs is 1. The van der Waals surface area contributed by atoms with Crippen molar-refractivity contribution in [1.82, 2.24) is 9.97 Å². The molecule has 1 unspecified atom stereocenters. The van der Waals surface area contributed by atoms with E-state index in [1.165, 1.54) is 29.5 Å². The molecule has 3 rings (SSSR count). The first-order chi connectivity index (χ1) is 14.5. The highest BCUT2D eigenvalue weighted by molar-refractivity contribution is 8.00. The average Bonchev–Trinajstić information content (AvgIpc) is 3.02. The number of hydrogen-bond acceptors (Lipinski definition) is 8. The molecule has 0 radical (unpaired) electrons. The SMILES string of the molecule is CCOC(=O)Cc1csc(NC(=O)C(C)Sc2nc3c(cc2C#N)CCCCC3)n1. The number of amides is 1. The predicted molar refractivity (Wildman–Crippen MR) is 117 cm³/mol. The largest absolute Gasteiger partial charge is 0.466 e. The molecule has 0 bridgehead atoms. The molecule has 1 aliphatic rings. The van der Waals surface area contributed by atoms with Gasteiger partial charge in [0.25, 0.3) is 0 Å².